The Bertz CT molecular complexity index is 847. The van der Waals surface area contributed by atoms with E-state index >= 15 is 0 Å². The number of thioether (sulfide) groups is 1. The normalized spacial score (nSPS) is 19.2. The van der Waals surface area contributed by atoms with Crippen LogP contribution in [0.1, 0.15) is 32.6 Å². The molecule has 0 bridgehead atoms. The van der Waals surface area contributed by atoms with Crippen molar-refractivity contribution < 1.29 is 22.7 Å². The quantitative estimate of drug-likeness (QED) is 0.358. The molecule has 1 saturated carbocycles. The third kappa shape index (κ3) is 7.05. The molecule has 1 aliphatic carbocycles. The van der Waals surface area contributed by atoms with Crippen molar-refractivity contribution in [3.8, 4) is 6.07 Å². The number of sulfone groups is 1. The fourth-order valence-corrected chi connectivity index (χ4v) is 5.88. The topological polar surface area (TPSA) is 113 Å². The second-order valence-electron chi connectivity index (χ2n) is 6.87. The monoisotopic (exact) mass is 438 g/mol. The fourth-order valence-electron chi connectivity index (χ4n) is 3.48. The van der Waals surface area contributed by atoms with Gasteiger partial charge in [0.05, 0.1) is 29.1 Å². The van der Waals surface area contributed by atoms with E-state index in [2.05, 4.69) is 5.32 Å². The molecule has 0 aromatic heterocycles. The Labute approximate surface area is 176 Å². The van der Waals surface area contributed by atoms with Crippen molar-refractivity contribution >= 4 is 33.5 Å². The van der Waals surface area contributed by atoms with Gasteiger partial charge >= 0.3 is 5.97 Å². The number of benzene rings is 1. The molecule has 29 heavy (non-hydrogen) atoms. The molecule has 2 unspecified atom stereocenters. The predicted molar refractivity (Wildman–Crippen MR) is 110 cm³/mol. The number of esters is 1. The molecule has 1 fully saturated rings. The predicted octanol–water partition coefficient (Wildman–Crippen LogP) is 2.56. The highest BCUT2D eigenvalue weighted by Crippen LogP contribution is 2.33. The lowest BCUT2D eigenvalue weighted by Crippen LogP contribution is -2.39. The van der Waals surface area contributed by atoms with E-state index in [9.17, 15) is 18.0 Å². The molecule has 0 radical (unpaired) electrons. The Morgan fingerprint density at radius 1 is 1.24 bits per heavy atom. The summed E-state index contributed by atoms with van der Waals surface area (Å²) < 4.78 is 30.6. The standard InChI is InChI=1S/C20H26N2O5S2/c1-2-27-19(23)13-28-16-7-9-17(10-8-16)29(25,26)14-15-5-3-4-6-18(15)20(24)22-12-11-21/h7-10,15,18H,2-6,12-14H2,1H3,(H,22,24). The number of carbonyl (C=O) groups is 2. The minimum Gasteiger partial charge on any atom is -0.465 e. The van der Waals surface area contributed by atoms with E-state index in [4.69, 9.17) is 10.00 Å². The molecule has 158 valence electrons. The van der Waals surface area contributed by atoms with Gasteiger partial charge in [0.15, 0.2) is 9.84 Å². The largest absolute Gasteiger partial charge is 0.465 e. The van der Waals surface area contributed by atoms with Crippen molar-refractivity contribution in [2.75, 3.05) is 24.7 Å². The molecular formula is C20H26N2O5S2. The first-order valence-corrected chi connectivity index (χ1v) is 12.3. The van der Waals surface area contributed by atoms with Crippen molar-refractivity contribution in [3.63, 3.8) is 0 Å². The van der Waals surface area contributed by atoms with Crippen LogP contribution in [0.2, 0.25) is 0 Å². The first-order chi connectivity index (χ1) is 13.9. The zero-order chi connectivity index (χ0) is 21.3. The molecule has 7 nitrogen and oxygen atoms in total. The van der Waals surface area contributed by atoms with E-state index in [0.717, 1.165) is 17.7 Å². The SMILES string of the molecule is CCOC(=O)CSc1ccc(S(=O)(=O)CC2CCCCC2C(=O)NCC#N)cc1. The van der Waals surface area contributed by atoms with Gasteiger partial charge in [-0.1, -0.05) is 12.8 Å². The number of hydrogen-bond acceptors (Lipinski definition) is 7. The number of nitriles is 1. The van der Waals surface area contributed by atoms with Crippen LogP contribution in [0.15, 0.2) is 34.1 Å². The average molecular weight is 439 g/mol. The van der Waals surface area contributed by atoms with Crippen molar-refractivity contribution in [1.29, 1.82) is 5.26 Å². The molecule has 9 heteroatoms. The maximum absolute atomic E-state index is 12.9. The fraction of sp³-hybridized carbons (Fsp3) is 0.550. The second kappa shape index (κ2) is 11.2. The van der Waals surface area contributed by atoms with Crippen LogP contribution in [-0.4, -0.2) is 45.0 Å². The number of hydrogen-bond donors (Lipinski definition) is 1. The van der Waals surface area contributed by atoms with Crippen molar-refractivity contribution in [2.24, 2.45) is 11.8 Å². The third-order valence-electron chi connectivity index (χ3n) is 4.87. The van der Waals surface area contributed by atoms with Gasteiger partial charge in [0, 0.05) is 10.8 Å². The molecule has 0 aliphatic heterocycles. The highest BCUT2D eigenvalue weighted by atomic mass is 32.2. The van der Waals surface area contributed by atoms with Crippen LogP contribution in [0.4, 0.5) is 0 Å². The summed E-state index contributed by atoms with van der Waals surface area (Å²) in [6, 6.07) is 8.30. The third-order valence-corrected chi connectivity index (χ3v) is 7.71. The maximum Gasteiger partial charge on any atom is 0.316 e. The molecule has 1 N–H and O–H groups in total. The van der Waals surface area contributed by atoms with Gasteiger partial charge in [-0.15, -0.1) is 11.8 Å². The first kappa shape index (κ1) is 23.2. The van der Waals surface area contributed by atoms with Gasteiger partial charge in [-0.2, -0.15) is 5.26 Å². The highest BCUT2D eigenvalue weighted by molar-refractivity contribution is 8.00. The number of carbonyl (C=O) groups excluding carboxylic acids is 2. The molecule has 2 rings (SSSR count). The Hall–Kier alpha value is -2.05. The molecule has 0 heterocycles. The molecule has 1 aromatic rings. The Morgan fingerprint density at radius 2 is 1.93 bits per heavy atom. The van der Waals surface area contributed by atoms with Crippen LogP contribution in [0.3, 0.4) is 0 Å². The number of rotatable bonds is 9. The summed E-state index contributed by atoms with van der Waals surface area (Å²) in [4.78, 5) is 24.7. The molecular weight excluding hydrogens is 412 g/mol. The summed E-state index contributed by atoms with van der Waals surface area (Å²) in [5, 5.41) is 11.2. The van der Waals surface area contributed by atoms with E-state index in [1.165, 1.54) is 23.9 Å². The number of amides is 1. The van der Waals surface area contributed by atoms with Gasteiger partial charge in [-0.05, 0) is 49.9 Å². The van der Waals surface area contributed by atoms with Gasteiger partial charge in [0.25, 0.3) is 0 Å². The lowest BCUT2D eigenvalue weighted by molar-refractivity contribution is -0.139. The number of nitrogens with zero attached hydrogens (tertiary/aromatic N) is 1. The van der Waals surface area contributed by atoms with E-state index in [1.807, 2.05) is 6.07 Å². The molecule has 0 spiro atoms. The molecule has 1 amide bonds. The lowest BCUT2D eigenvalue weighted by atomic mass is 9.80. The van der Waals surface area contributed by atoms with E-state index in [-0.39, 0.29) is 46.7 Å². The Kier molecular flexibility index (Phi) is 8.99. The molecule has 0 saturated heterocycles. The summed E-state index contributed by atoms with van der Waals surface area (Å²) in [6.45, 7) is 2.00. The van der Waals surface area contributed by atoms with Gasteiger partial charge in [-0.3, -0.25) is 9.59 Å². The molecule has 2 atom stereocenters. The summed E-state index contributed by atoms with van der Waals surface area (Å²) in [7, 11) is -3.55. The average Bonchev–Trinajstić information content (AvgIpc) is 2.71. The van der Waals surface area contributed by atoms with Crippen LogP contribution in [0.5, 0.6) is 0 Å². The van der Waals surface area contributed by atoms with Crippen molar-refractivity contribution in [3.05, 3.63) is 24.3 Å². The zero-order valence-corrected chi connectivity index (χ0v) is 18.1. The van der Waals surface area contributed by atoms with E-state index in [0.29, 0.717) is 19.4 Å². The highest BCUT2D eigenvalue weighted by Gasteiger charge is 2.34. The van der Waals surface area contributed by atoms with Crippen LogP contribution >= 0.6 is 11.8 Å². The second-order valence-corrected chi connectivity index (χ2v) is 9.96. The van der Waals surface area contributed by atoms with E-state index in [1.54, 1.807) is 19.1 Å². The summed E-state index contributed by atoms with van der Waals surface area (Å²) >= 11 is 1.29. The van der Waals surface area contributed by atoms with Crippen molar-refractivity contribution in [1.82, 2.24) is 5.32 Å². The van der Waals surface area contributed by atoms with Crippen LogP contribution < -0.4 is 5.32 Å². The summed E-state index contributed by atoms with van der Waals surface area (Å²) in [6.07, 6.45) is 3.09. The van der Waals surface area contributed by atoms with Gasteiger partial charge in [0.1, 0.15) is 6.54 Å². The smallest absolute Gasteiger partial charge is 0.316 e. The number of nitrogens with one attached hydrogen (secondary N) is 1. The van der Waals surface area contributed by atoms with Crippen LogP contribution in [0.25, 0.3) is 0 Å². The Balaban J connectivity index is 2.02. The molecule has 1 aliphatic rings. The zero-order valence-electron chi connectivity index (χ0n) is 16.4. The summed E-state index contributed by atoms with van der Waals surface area (Å²) in [5.41, 5.74) is 0. The molecule has 1 aromatic carbocycles. The Morgan fingerprint density at radius 3 is 2.59 bits per heavy atom. The van der Waals surface area contributed by atoms with Crippen LogP contribution in [-0.2, 0) is 24.2 Å². The minimum atomic E-state index is -3.55. The van der Waals surface area contributed by atoms with Crippen LogP contribution in [0, 0.1) is 23.2 Å². The summed E-state index contributed by atoms with van der Waals surface area (Å²) in [5.74, 6) is -1.12. The van der Waals surface area contributed by atoms with Gasteiger partial charge < -0.3 is 10.1 Å². The van der Waals surface area contributed by atoms with E-state index < -0.39 is 9.84 Å². The van der Waals surface area contributed by atoms with Crippen molar-refractivity contribution in [2.45, 2.75) is 42.4 Å². The lowest BCUT2D eigenvalue weighted by Gasteiger charge is -2.30. The minimum absolute atomic E-state index is 0.0697. The maximum atomic E-state index is 12.9. The van der Waals surface area contributed by atoms with Gasteiger partial charge in [0.2, 0.25) is 5.91 Å². The first-order valence-electron chi connectivity index (χ1n) is 9.63. The number of ether oxygens (including phenoxy) is 1. The van der Waals surface area contributed by atoms with Gasteiger partial charge in [-0.25, -0.2) is 8.42 Å².